The molecule has 3 aromatic carbocycles. The molecule has 3 aromatic heterocycles. The molecule has 6 aromatic rings. The van der Waals surface area contributed by atoms with Gasteiger partial charge in [-0.2, -0.15) is 0 Å². The quantitative estimate of drug-likeness (QED) is 0.187. The summed E-state index contributed by atoms with van der Waals surface area (Å²) in [6, 6.07) is 16.1. The fraction of sp³-hybridized carbons (Fsp3) is 0.229. The largest absolute Gasteiger partial charge is 0.396 e. The van der Waals surface area contributed by atoms with E-state index >= 15 is 0 Å². The van der Waals surface area contributed by atoms with Crippen LogP contribution in [0, 0.1) is 40.6 Å². The molecule has 0 saturated heterocycles. The Morgan fingerprint density at radius 3 is 2.57 bits per heavy atom. The molecule has 49 heavy (non-hydrogen) atoms. The number of aliphatic hydroxyl groups is 3. The Kier molecular flexibility index (Phi) is 7.40. The van der Waals surface area contributed by atoms with Crippen LogP contribution >= 0.6 is 0 Å². The number of benzene rings is 3. The predicted molar refractivity (Wildman–Crippen MR) is 170 cm³/mol. The van der Waals surface area contributed by atoms with Gasteiger partial charge in [0.05, 0.1) is 37.0 Å². The molecular weight excluding hydrogens is 637 g/mol. The molecule has 0 unspecified atom stereocenters. The van der Waals surface area contributed by atoms with Crippen LogP contribution in [0.3, 0.4) is 0 Å². The van der Waals surface area contributed by atoms with E-state index in [9.17, 15) is 28.5 Å². The number of hydrogen-bond acceptors (Lipinski definition) is 9. The summed E-state index contributed by atoms with van der Waals surface area (Å²) in [6.07, 6.45) is 1.50. The summed E-state index contributed by atoms with van der Waals surface area (Å²) < 4.78 is 43.9. The summed E-state index contributed by atoms with van der Waals surface area (Å²) >= 11 is 0. The molecular formula is C35H27F3N8O3. The fourth-order valence-electron chi connectivity index (χ4n) is 6.70. The summed E-state index contributed by atoms with van der Waals surface area (Å²) in [5.74, 6) is 3.95. The minimum absolute atomic E-state index is 0.152. The lowest BCUT2D eigenvalue weighted by molar-refractivity contribution is -0.0300. The Labute approximate surface area is 276 Å². The lowest BCUT2D eigenvalue weighted by atomic mass is 10.0. The number of rotatable bonds is 7. The first-order valence-corrected chi connectivity index (χ1v) is 15.4. The van der Waals surface area contributed by atoms with Gasteiger partial charge in [0, 0.05) is 23.1 Å². The van der Waals surface area contributed by atoms with Gasteiger partial charge in [-0.25, -0.2) is 32.8 Å². The number of aliphatic hydroxyl groups excluding tert-OH is 3. The molecule has 0 spiro atoms. The molecule has 3 heterocycles. The SMILES string of the molecule is OC[C@@]12C[C@@H]1[C@@H](n1cnc3c(NCc4cccc(-n5cc(-c6ccc(F)c(F)c6)nn5)c4)nc(C#Cc4ccc(F)cc4)nc31)[C@H](O)[C@@H]2O. The van der Waals surface area contributed by atoms with E-state index < -0.39 is 35.3 Å². The number of anilines is 1. The molecule has 246 valence electrons. The highest BCUT2D eigenvalue weighted by Gasteiger charge is 2.71. The average molecular weight is 665 g/mol. The van der Waals surface area contributed by atoms with Gasteiger partial charge in [0.2, 0.25) is 5.82 Å². The Hall–Kier alpha value is -5.62. The van der Waals surface area contributed by atoms with Crippen LogP contribution in [0.2, 0.25) is 0 Å². The van der Waals surface area contributed by atoms with Gasteiger partial charge in [-0.05, 0) is 78.4 Å². The van der Waals surface area contributed by atoms with Crippen LogP contribution in [0.4, 0.5) is 19.0 Å². The van der Waals surface area contributed by atoms with Crippen molar-refractivity contribution in [2.24, 2.45) is 11.3 Å². The summed E-state index contributed by atoms with van der Waals surface area (Å²) in [7, 11) is 0. The molecule has 0 aliphatic heterocycles. The Morgan fingerprint density at radius 1 is 0.959 bits per heavy atom. The second kappa shape index (κ2) is 11.8. The number of fused-ring (bicyclic) bond motifs is 2. The number of aromatic nitrogens is 7. The van der Waals surface area contributed by atoms with Gasteiger partial charge in [0.15, 0.2) is 28.6 Å². The topological polar surface area (TPSA) is 147 Å². The van der Waals surface area contributed by atoms with Crippen molar-refractivity contribution in [3.63, 3.8) is 0 Å². The summed E-state index contributed by atoms with van der Waals surface area (Å²) in [5, 5.41) is 43.3. The normalized spacial score (nSPS) is 22.5. The second-order valence-electron chi connectivity index (χ2n) is 12.3. The van der Waals surface area contributed by atoms with Crippen LogP contribution in [0.25, 0.3) is 28.1 Å². The van der Waals surface area contributed by atoms with E-state index in [2.05, 4.69) is 42.4 Å². The van der Waals surface area contributed by atoms with Gasteiger partial charge in [-0.3, -0.25) is 0 Å². The fourth-order valence-corrected chi connectivity index (χ4v) is 6.70. The minimum atomic E-state index is -1.13. The smallest absolute Gasteiger partial charge is 0.209 e. The van der Waals surface area contributed by atoms with Crippen LogP contribution < -0.4 is 5.32 Å². The molecule has 11 nitrogen and oxygen atoms in total. The number of imidazole rings is 1. The van der Waals surface area contributed by atoms with E-state index in [1.165, 1.54) is 22.9 Å². The van der Waals surface area contributed by atoms with E-state index in [0.717, 1.165) is 17.7 Å². The van der Waals surface area contributed by atoms with Gasteiger partial charge in [-0.15, -0.1) is 5.10 Å². The standard InChI is InChI=1S/C35H27F3N8O3/c36-22-8-4-19(5-9-22)6-11-28-41-33(29-34(42-28)45(18-40-29)30-24-14-35(24,17-47)32(49)31(30)48)39-15-20-2-1-3-23(12-20)46-16-27(43-44-46)21-7-10-25(37)26(38)13-21/h1-5,7-10,12-13,16,18,24,30-32,47-49H,14-15,17H2,(H,39,41,42)/t24-,30-,31+,32+,35+/m1/s1. The van der Waals surface area contributed by atoms with Crippen LogP contribution in [-0.4, -0.2) is 68.6 Å². The molecule has 2 aliphatic rings. The highest BCUT2D eigenvalue weighted by Crippen LogP contribution is 2.67. The van der Waals surface area contributed by atoms with E-state index in [4.69, 9.17) is 0 Å². The number of halogens is 3. The van der Waals surface area contributed by atoms with Crippen molar-refractivity contribution in [1.29, 1.82) is 0 Å². The van der Waals surface area contributed by atoms with E-state index in [1.807, 2.05) is 24.3 Å². The van der Waals surface area contributed by atoms with Crippen LogP contribution in [-0.2, 0) is 6.54 Å². The summed E-state index contributed by atoms with van der Waals surface area (Å²) in [6.45, 7) is 0.0539. The highest BCUT2D eigenvalue weighted by molar-refractivity contribution is 5.83. The number of nitrogens with zero attached hydrogens (tertiary/aromatic N) is 7. The molecule has 2 aliphatic carbocycles. The minimum Gasteiger partial charge on any atom is -0.396 e. The number of nitrogens with one attached hydrogen (secondary N) is 1. The van der Waals surface area contributed by atoms with E-state index in [1.54, 1.807) is 29.2 Å². The zero-order valence-corrected chi connectivity index (χ0v) is 25.5. The molecule has 0 radical (unpaired) electrons. The van der Waals surface area contributed by atoms with Crippen molar-refractivity contribution in [3.8, 4) is 28.8 Å². The molecule has 14 heteroatoms. The number of hydrogen-bond donors (Lipinski definition) is 4. The zero-order chi connectivity index (χ0) is 33.9. The molecule has 2 saturated carbocycles. The van der Waals surface area contributed by atoms with Gasteiger partial charge in [-0.1, -0.05) is 23.3 Å². The van der Waals surface area contributed by atoms with E-state index in [0.29, 0.717) is 52.5 Å². The second-order valence-corrected chi connectivity index (χ2v) is 12.3. The molecule has 0 amide bonds. The maximum absolute atomic E-state index is 13.8. The highest BCUT2D eigenvalue weighted by atomic mass is 19.2. The molecule has 0 bridgehead atoms. The summed E-state index contributed by atoms with van der Waals surface area (Å²) in [4.78, 5) is 13.9. The lowest BCUT2D eigenvalue weighted by Crippen LogP contribution is -2.35. The molecule has 4 N–H and O–H groups in total. The molecule has 8 rings (SSSR count). The third-order valence-electron chi connectivity index (χ3n) is 9.40. The van der Waals surface area contributed by atoms with E-state index in [-0.39, 0.29) is 24.2 Å². The van der Waals surface area contributed by atoms with Gasteiger partial charge >= 0.3 is 0 Å². The third-order valence-corrected chi connectivity index (χ3v) is 9.40. The first-order valence-electron chi connectivity index (χ1n) is 15.4. The maximum Gasteiger partial charge on any atom is 0.209 e. The first-order chi connectivity index (χ1) is 23.7. The van der Waals surface area contributed by atoms with Crippen molar-refractivity contribution < 1.29 is 28.5 Å². The predicted octanol–water partition coefficient (Wildman–Crippen LogP) is 3.78. The maximum atomic E-state index is 13.8. The van der Waals surface area contributed by atoms with Gasteiger partial charge in [0.1, 0.15) is 17.6 Å². The van der Waals surface area contributed by atoms with Crippen molar-refractivity contribution in [1.82, 2.24) is 34.5 Å². The molecule has 5 atom stereocenters. The monoisotopic (exact) mass is 664 g/mol. The first kappa shape index (κ1) is 30.7. The average Bonchev–Trinajstić information content (AvgIpc) is 3.35. The Morgan fingerprint density at radius 2 is 1.80 bits per heavy atom. The van der Waals surface area contributed by atoms with Gasteiger partial charge < -0.3 is 25.2 Å². The van der Waals surface area contributed by atoms with Crippen molar-refractivity contribution in [2.45, 2.75) is 31.2 Å². The van der Waals surface area contributed by atoms with Crippen molar-refractivity contribution in [3.05, 3.63) is 114 Å². The van der Waals surface area contributed by atoms with Crippen molar-refractivity contribution >= 4 is 17.0 Å². The van der Waals surface area contributed by atoms with Crippen molar-refractivity contribution in [2.75, 3.05) is 11.9 Å². The summed E-state index contributed by atoms with van der Waals surface area (Å²) in [5.41, 5.74) is 2.88. The zero-order valence-electron chi connectivity index (χ0n) is 25.5. The van der Waals surface area contributed by atoms with Crippen LogP contribution in [0.15, 0.2) is 79.3 Å². The van der Waals surface area contributed by atoms with Crippen LogP contribution in [0.5, 0.6) is 0 Å². The molecule has 2 fully saturated rings. The van der Waals surface area contributed by atoms with Crippen LogP contribution in [0.1, 0.15) is 29.4 Å². The Balaban J connectivity index is 1.11. The third kappa shape index (κ3) is 5.38. The Bertz CT molecular complexity index is 2280. The lowest BCUT2D eigenvalue weighted by Gasteiger charge is -2.23. The van der Waals surface area contributed by atoms with Gasteiger partial charge in [0.25, 0.3) is 0 Å².